The van der Waals surface area contributed by atoms with E-state index in [1.165, 1.54) is 0 Å². The molecule has 7 heteroatoms. The van der Waals surface area contributed by atoms with Crippen molar-refractivity contribution in [2.24, 2.45) is 5.92 Å². The second-order valence-corrected chi connectivity index (χ2v) is 5.46. The first-order chi connectivity index (χ1) is 10.4. The minimum Gasteiger partial charge on any atom is -0.463 e. The molecule has 7 nitrogen and oxygen atoms in total. The van der Waals surface area contributed by atoms with Crippen LogP contribution < -0.4 is 0 Å². The van der Waals surface area contributed by atoms with E-state index in [1.807, 2.05) is 6.92 Å². The Morgan fingerprint density at radius 2 is 1.82 bits per heavy atom. The number of hydrogen-bond donors (Lipinski definition) is 0. The molecule has 0 bridgehead atoms. The smallest absolute Gasteiger partial charge is 0.331 e. The molecule has 0 spiro atoms. The van der Waals surface area contributed by atoms with E-state index in [2.05, 4.69) is 0 Å². The van der Waals surface area contributed by atoms with Crippen molar-refractivity contribution in [2.75, 3.05) is 6.61 Å². The third-order valence-corrected chi connectivity index (χ3v) is 3.81. The van der Waals surface area contributed by atoms with E-state index in [9.17, 15) is 14.4 Å². The number of rotatable bonds is 4. The van der Waals surface area contributed by atoms with E-state index >= 15 is 0 Å². The molecule has 2 rings (SSSR count). The molecular formula is C15H20O7. The SMILES string of the molecule is CCC(C)C(=O)OC[C@H]1O[C@@H](C)[C@H]2OC(=O)/C=C\C(=O)OC12. The zero-order chi connectivity index (χ0) is 16.3. The van der Waals surface area contributed by atoms with Gasteiger partial charge in [0.1, 0.15) is 12.7 Å². The molecule has 2 heterocycles. The molecule has 2 unspecified atom stereocenters. The largest absolute Gasteiger partial charge is 0.463 e. The summed E-state index contributed by atoms with van der Waals surface area (Å²) < 4.78 is 21.3. The van der Waals surface area contributed by atoms with Crippen molar-refractivity contribution >= 4 is 17.9 Å². The van der Waals surface area contributed by atoms with Gasteiger partial charge in [-0.05, 0) is 13.3 Å². The van der Waals surface area contributed by atoms with Crippen molar-refractivity contribution < 1.29 is 33.3 Å². The van der Waals surface area contributed by atoms with Gasteiger partial charge in [-0.15, -0.1) is 0 Å². The van der Waals surface area contributed by atoms with Crippen LogP contribution in [0.3, 0.4) is 0 Å². The van der Waals surface area contributed by atoms with E-state index in [0.29, 0.717) is 6.42 Å². The first-order valence-electron chi connectivity index (χ1n) is 7.33. The number of carbonyl (C=O) groups excluding carboxylic acids is 3. The molecule has 122 valence electrons. The first kappa shape index (κ1) is 16.5. The van der Waals surface area contributed by atoms with Crippen LogP contribution in [0.2, 0.25) is 0 Å². The van der Waals surface area contributed by atoms with Gasteiger partial charge in [0.2, 0.25) is 0 Å². The lowest BCUT2D eigenvalue weighted by atomic mass is 10.1. The van der Waals surface area contributed by atoms with Gasteiger partial charge in [0, 0.05) is 12.2 Å². The summed E-state index contributed by atoms with van der Waals surface area (Å²) in [4.78, 5) is 34.8. The highest BCUT2D eigenvalue weighted by Gasteiger charge is 2.48. The summed E-state index contributed by atoms with van der Waals surface area (Å²) in [6.45, 7) is 5.31. The predicted octanol–water partition coefficient (Wildman–Crippen LogP) is 0.756. The third-order valence-electron chi connectivity index (χ3n) is 3.81. The lowest BCUT2D eigenvalue weighted by Crippen LogP contribution is -2.42. The lowest BCUT2D eigenvalue weighted by Gasteiger charge is -2.24. The molecular weight excluding hydrogens is 292 g/mol. The maximum Gasteiger partial charge on any atom is 0.331 e. The van der Waals surface area contributed by atoms with Crippen LogP contribution in [-0.2, 0) is 33.3 Å². The molecule has 0 radical (unpaired) electrons. The average Bonchev–Trinajstić information content (AvgIpc) is 2.76. The Morgan fingerprint density at radius 3 is 2.41 bits per heavy atom. The number of esters is 3. The summed E-state index contributed by atoms with van der Waals surface area (Å²) in [6, 6.07) is 0. The quantitative estimate of drug-likeness (QED) is 0.559. The van der Waals surface area contributed by atoms with Crippen LogP contribution >= 0.6 is 0 Å². The molecule has 2 aliphatic rings. The summed E-state index contributed by atoms with van der Waals surface area (Å²) in [6.07, 6.45) is 0.0712. The van der Waals surface area contributed by atoms with Crippen LogP contribution in [0.15, 0.2) is 12.2 Å². The Bertz CT molecular complexity index is 484. The molecule has 0 aromatic carbocycles. The predicted molar refractivity (Wildman–Crippen MR) is 73.6 cm³/mol. The Balaban J connectivity index is 2.04. The fourth-order valence-electron chi connectivity index (χ4n) is 2.31. The van der Waals surface area contributed by atoms with E-state index in [-0.39, 0.29) is 18.5 Å². The lowest BCUT2D eigenvalue weighted by molar-refractivity contribution is -0.165. The van der Waals surface area contributed by atoms with Crippen molar-refractivity contribution in [1.29, 1.82) is 0 Å². The molecule has 1 fully saturated rings. The molecule has 0 aliphatic carbocycles. The van der Waals surface area contributed by atoms with Gasteiger partial charge in [0.15, 0.2) is 12.2 Å². The standard InChI is InChI=1S/C15H20O7/c1-4-8(2)15(18)19-7-10-14-13(9(3)20-10)21-11(16)5-6-12(17)22-14/h5-6,8-10,13-14H,4,7H2,1-3H3/b6-5-/t8?,9-,10+,13+,14?/m0/s1. The first-order valence-corrected chi connectivity index (χ1v) is 7.33. The van der Waals surface area contributed by atoms with Gasteiger partial charge in [-0.25, -0.2) is 9.59 Å². The summed E-state index contributed by atoms with van der Waals surface area (Å²) >= 11 is 0. The second kappa shape index (κ2) is 6.91. The Morgan fingerprint density at radius 1 is 1.23 bits per heavy atom. The third kappa shape index (κ3) is 3.65. The highest BCUT2D eigenvalue weighted by atomic mass is 16.6. The number of ether oxygens (including phenoxy) is 4. The number of carbonyl (C=O) groups is 3. The molecule has 2 aliphatic heterocycles. The van der Waals surface area contributed by atoms with Crippen LogP contribution in [0, 0.1) is 5.92 Å². The highest BCUT2D eigenvalue weighted by Crippen LogP contribution is 2.28. The average molecular weight is 312 g/mol. The molecule has 0 N–H and O–H groups in total. The Labute approximate surface area is 128 Å². The topological polar surface area (TPSA) is 88.1 Å². The maximum atomic E-state index is 11.7. The van der Waals surface area contributed by atoms with Gasteiger partial charge in [-0.3, -0.25) is 4.79 Å². The number of hydrogen-bond acceptors (Lipinski definition) is 7. The van der Waals surface area contributed by atoms with E-state index in [4.69, 9.17) is 18.9 Å². The zero-order valence-corrected chi connectivity index (χ0v) is 12.8. The van der Waals surface area contributed by atoms with Crippen LogP contribution in [0.25, 0.3) is 0 Å². The summed E-state index contributed by atoms with van der Waals surface area (Å²) in [5.74, 6) is -1.83. The van der Waals surface area contributed by atoms with Gasteiger partial charge in [-0.1, -0.05) is 13.8 Å². The minimum absolute atomic E-state index is 0.0524. The fourth-order valence-corrected chi connectivity index (χ4v) is 2.31. The van der Waals surface area contributed by atoms with E-state index in [1.54, 1.807) is 13.8 Å². The van der Waals surface area contributed by atoms with Gasteiger partial charge >= 0.3 is 17.9 Å². The molecule has 0 amide bonds. The monoisotopic (exact) mass is 312 g/mol. The number of fused-ring (bicyclic) bond motifs is 1. The molecule has 1 saturated heterocycles. The van der Waals surface area contributed by atoms with Gasteiger partial charge < -0.3 is 18.9 Å². The Kier molecular flexibility index (Phi) is 5.18. The van der Waals surface area contributed by atoms with E-state index < -0.39 is 36.4 Å². The summed E-state index contributed by atoms with van der Waals surface area (Å²) in [5, 5.41) is 0. The van der Waals surface area contributed by atoms with Crippen molar-refractivity contribution in [3.05, 3.63) is 12.2 Å². The van der Waals surface area contributed by atoms with Gasteiger partial charge in [0.25, 0.3) is 0 Å². The maximum absolute atomic E-state index is 11.7. The van der Waals surface area contributed by atoms with Crippen LogP contribution in [0.4, 0.5) is 0 Å². The molecule has 0 saturated carbocycles. The van der Waals surface area contributed by atoms with Crippen LogP contribution in [0.1, 0.15) is 27.2 Å². The van der Waals surface area contributed by atoms with Crippen LogP contribution in [-0.4, -0.2) is 48.9 Å². The van der Waals surface area contributed by atoms with Gasteiger partial charge in [0.05, 0.1) is 12.0 Å². The fraction of sp³-hybridized carbons (Fsp3) is 0.667. The molecule has 0 aromatic heterocycles. The van der Waals surface area contributed by atoms with Crippen molar-refractivity contribution in [3.8, 4) is 0 Å². The van der Waals surface area contributed by atoms with Crippen molar-refractivity contribution in [3.63, 3.8) is 0 Å². The molecule has 5 atom stereocenters. The summed E-state index contributed by atoms with van der Waals surface area (Å²) in [5.41, 5.74) is 0. The minimum atomic E-state index is -0.791. The molecule has 0 aromatic rings. The summed E-state index contributed by atoms with van der Waals surface area (Å²) in [7, 11) is 0. The normalized spacial score (nSPS) is 33.8. The molecule has 22 heavy (non-hydrogen) atoms. The van der Waals surface area contributed by atoms with Gasteiger partial charge in [-0.2, -0.15) is 0 Å². The second-order valence-electron chi connectivity index (χ2n) is 5.46. The van der Waals surface area contributed by atoms with Crippen molar-refractivity contribution in [1.82, 2.24) is 0 Å². The van der Waals surface area contributed by atoms with Crippen LogP contribution in [0.5, 0.6) is 0 Å². The van der Waals surface area contributed by atoms with E-state index in [0.717, 1.165) is 12.2 Å². The zero-order valence-electron chi connectivity index (χ0n) is 12.8. The Hall–Kier alpha value is -1.89. The highest BCUT2D eigenvalue weighted by molar-refractivity contribution is 5.92. The van der Waals surface area contributed by atoms with Crippen molar-refractivity contribution in [2.45, 2.75) is 51.6 Å².